The summed E-state index contributed by atoms with van der Waals surface area (Å²) in [7, 11) is 0. The number of benzene rings is 1. The Morgan fingerprint density at radius 3 is 2.82 bits per heavy atom. The van der Waals surface area contributed by atoms with Gasteiger partial charge in [0.05, 0.1) is 23.3 Å². The third-order valence-electron chi connectivity index (χ3n) is 4.19. The van der Waals surface area contributed by atoms with Crippen LogP contribution in [0.1, 0.15) is 24.4 Å². The number of halogens is 1. The van der Waals surface area contributed by atoms with Crippen molar-refractivity contribution in [2.24, 2.45) is 0 Å². The molecular formula is C19H15FN8. The summed E-state index contributed by atoms with van der Waals surface area (Å²) in [5.74, 6) is 1.16. The molecule has 138 valence electrons. The molecule has 3 N–H and O–H groups in total. The van der Waals surface area contributed by atoms with Gasteiger partial charge in [-0.1, -0.05) is 6.07 Å². The molecule has 8 nitrogen and oxygen atoms in total. The van der Waals surface area contributed by atoms with Crippen LogP contribution in [0.4, 0.5) is 16.2 Å². The molecular weight excluding hydrogens is 359 g/mol. The van der Waals surface area contributed by atoms with Gasteiger partial charge in [-0.25, -0.2) is 19.3 Å². The van der Waals surface area contributed by atoms with Crippen LogP contribution in [0.3, 0.4) is 0 Å². The molecule has 0 fully saturated rings. The number of nitriles is 1. The summed E-state index contributed by atoms with van der Waals surface area (Å²) in [5, 5.41) is 12.4. The second kappa shape index (κ2) is 6.92. The van der Waals surface area contributed by atoms with Crippen molar-refractivity contribution in [2.45, 2.75) is 13.0 Å². The van der Waals surface area contributed by atoms with Crippen LogP contribution >= 0.6 is 0 Å². The minimum atomic E-state index is -0.390. The first-order valence-electron chi connectivity index (χ1n) is 8.45. The fourth-order valence-corrected chi connectivity index (χ4v) is 2.94. The maximum atomic E-state index is 13.9. The molecule has 0 saturated carbocycles. The van der Waals surface area contributed by atoms with E-state index in [2.05, 4.69) is 25.3 Å². The number of aromatic nitrogens is 5. The van der Waals surface area contributed by atoms with E-state index >= 15 is 0 Å². The molecule has 0 aliphatic carbocycles. The van der Waals surface area contributed by atoms with Gasteiger partial charge in [-0.15, -0.1) is 0 Å². The SMILES string of the molecule is CC(Nc1nc(N)ncc1C#N)c1nc2ccc(F)cc2n1-c1ccccn1. The van der Waals surface area contributed by atoms with Crippen molar-refractivity contribution in [3.8, 4) is 11.9 Å². The second-order valence-electron chi connectivity index (χ2n) is 6.09. The quantitative estimate of drug-likeness (QED) is 0.564. The lowest BCUT2D eigenvalue weighted by atomic mass is 10.2. The highest BCUT2D eigenvalue weighted by atomic mass is 19.1. The van der Waals surface area contributed by atoms with Crippen molar-refractivity contribution in [3.63, 3.8) is 0 Å². The van der Waals surface area contributed by atoms with Gasteiger partial charge in [0.15, 0.2) is 0 Å². The number of nitrogens with zero attached hydrogens (tertiary/aromatic N) is 6. The lowest BCUT2D eigenvalue weighted by molar-refractivity contribution is 0.629. The van der Waals surface area contributed by atoms with Crippen molar-refractivity contribution in [1.82, 2.24) is 24.5 Å². The van der Waals surface area contributed by atoms with E-state index in [1.165, 1.54) is 18.3 Å². The number of fused-ring (bicyclic) bond motifs is 1. The predicted octanol–water partition coefficient (Wildman–Crippen LogP) is 2.98. The molecule has 0 spiro atoms. The van der Waals surface area contributed by atoms with Gasteiger partial charge < -0.3 is 11.1 Å². The molecule has 4 aromatic rings. The number of rotatable bonds is 4. The summed E-state index contributed by atoms with van der Waals surface area (Å²) < 4.78 is 15.7. The van der Waals surface area contributed by atoms with E-state index in [9.17, 15) is 9.65 Å². The molecule has 1 unspecified atom stereocenters. The Kier molecular flexibility index (Phi) is 4.29. The molecule has 0 bridgehead atoms. The Bertz CT molecular complexity index is 1200. The zero-order valence-corrected chi connectivity index (χ0v) is 14.8. The first kappa shape index (κ1) is 17.4. The van der Waals surface area contributed by atoms with Gasteiger partial charge >= 0.3 is 0 Å². The summed E-state index contributed by atoms with van der Waals surface area (Å²) >= 11 is 0. The average Bonchev–Trinajstić information content (AvgIpc) is 3.07. The molecule has 0 saturated heterocycles. The van der Waals surface area contributed by atoms with E-state index < -0.39 is 0 Å². The van der Waals surface area contributed by atoms with Crippen molar-refractivity contribution < 1.29 is 4.39 Å². The van der Waals surface area contributed by atoms with Gasteiger partial charge in [-0.2, -0.15) is 10.2 Å². The van der Waals surface area contributed by atoms with Crippen LogP contribution in [0.15, 0.2) is 48.8 Å². The number of pyridine rings is 1. The maximum absolute atomic E-state index is 13.9. The van der Waals surface area contributed by atoms with Gasteiger partial charge in [0.25, 0.3) is 0 Å². The Morgan fingerprint density at radius 1 is 1.21 bits per heavy atom. The van der Waals surface area contributed by atoms with E-state index in [1.54, 1.807) is 22.9 Å². The van der Waals surface area contributed by atoms with Gasteiger partial charge in [-0.3, -0.25) is 4.57 Å². The molecule has 1 aromatic carbocycles. The van der Waals surface area contributed by atoms with Crippen LogP contribution in [0, 0.1) is 17.1 Å². The van der Waals surface area contributed by atoms with Crippen molar-refractivity contribution in [1.29, 1.82) is 5.26 Å². The molecule has 0 amide bonds. The smallest absolute Gasteiger partial charge is 0.222 e. The topological polar surface area (TPSA) is 118 Å². The van der Waals surface area contributed by atoms with Crippen LogP contribution < -0.4 is 11.1 Å². The minimum Gasteiger partial charge on any atom is -0.368 e. The molecule has 3 heterocycles. The normalized spacial score (nSPS) is 11.9. The highest BCUT2D eigenvalue weighted by Crippen LogP contribution is 2.27. The van der Waals surface area contributed by atoms with Gasteiger partial charge in [0.2, 0.25) is 5.95 Å². The van der Waals surface area contributed by atoms with E-state index in [0.29, 0.717) is 28.5 Å². The Hall–Kier alpha value is -4.06. The Morgan fingerprint density at radius 2 is 2.07 bits per heavy atom. The lowest BCUT2D eigenvalue weighted by Gasteiger charge is -2.17. The van der Waals surface area contributed by atoms with Gasteiger partial charge in [0.1, 0.15) is 34.9 Å². The van der Waals surface area contributed by atoms with E-state index in [0.717, 1.165) is 0 Å². The summed E-state index contributed by atoms with van der Waals surface area (Å²) in [4.78, 5) is 16.9. The largest absolute Gasteiger partial charge is 0.368 e. The van der Waals surface area contributed by atoms with Crippen molar-refractivity contribution in [3.05, 3.63) is 66.0 Å². The number of nitrogens with two attached hydrogens (primary N) is 1. The summed E-state index contributed by atoms with van der Waals surface area (Å²) in [5.41, 5.74) is 7.12. The molecule has 3 aromatic heterocycles. The highest BCUT2D eigenvalue weighted by Gasteiger charge is 2.20. The summed E-state index contributed by atoms with van der Waals surface area (Å²) in [6.07, 6.45) is 3.01. The average molecular weight is 374 g/mol. The van der Waals surface area contributed by atoms with E-state index in [-0.39, 0.29) is 23.4 Å². The minimum absolute atomic E-state index is 0.0500. The Balaban J connectivity index is 1.85. The standard InChI is InChI=1S/C19H15FN8/c1-11(25-17-12(9-21)10-24-19(22)27-17)18-26-14-6-5-13(20)8-15(14)28(18)16-4-2-3-7-23-16/h2-8,10-11H,1H3,(H3,22,24,25,27). The number of nitrogens with one attached hydrogen (secondary N) is 1. The lowest BCUT2D eigenvalue weighted by Crippen LogP contribution is -2.16. The molecule has 0 aliphatic heterocycles. The first-order chi connectivity index (χ1) is 13.6. The van der Waals surface area contributed by atoms with Crippen LogP contribution in [-0.4, -0.2) is 24.5 Å². The molecule has 0 radical (unpaired) electrons. The summed E-state index contributed by atoms with van der Waals surface area (Å²) in [6, 6.07) is 11.5. The van der Waals surface area contributed by atoms with Crippen LogP contribution in [0.5, 0.6) is 0 Å². The van der Waals surface area contributed by atoms with Crippen molar-refractivity contribution in [2.75, 3.05) is 11.1 Å². The van der Waals surface area contributed by atoms with E-state index in [4.69, 9.17) is 5.73 Å². The fourth-order valence-electron chi connectivity index (χ4n) is 2.94. The third-order valence-corrected chi connectivity index (χ3v) is 4.19. The van der Waals surface area contributed by atoms with Gasteiger partial charge in [0, 0.05) is 12.3 Å². The second-order valence-corrected chi connectivity index (χ2v) is 6.09. The summed E-state index contributed by atoms with van der Waals surface area (Å²) in [6.45, 7) is 1.86. The molecule has 1 atom stereocenters. The number of nitrogen functional groups attached to an aromatic ring is 1. The van der Waals surface area contributed by atoms with Crippen LogP contribution in [0.2, 0.25) is 0 Å². The molecule has 0 aliphatic rings. The Labute approximate surface area is 159 Å². The first-order valence-corrected chi connectivity index (χ1v) is 8.45. The highest BCUT2D eigenvalue weighted by molar-refractivity contribution is 5.78. The van der Waals surface area contributed by atoms with E-state index in [1.807, 2.05) is 25.1 Å². The number of imidazole rings is 1. The predicted molar refractivity (Wildman–Crippen MR) is 102 cm³/mol. The number of anilines is 2. The van der Waals surface area contributed by atoms with Crippen molar-refractivity contribution >= 4 is 22.8 Å². The zero-order valence-electron chi connectivity index (χ0n) is 14.8. The fraction of sp³-hybridized carbons (Fsp3) is 0.105. The van der Waals surface area contributed by atoms with Gasteiger partial charge in [-0.05, 0) is 31.2 Å². The number of hydrogen-bond acceptors (Lipinski definition) is 7. The zero-order chi connectivity index (χ0) is 19.7. The van der Waals surface area contributed by atoms with Crippen LogP contribution in [0.25, 0.3) is 16.9 Å². The maximum Gasteiger partial charge on any atom is 0.222 e. The molecule has 4 rings (SSSR count). The van der Waals surface area contributed by atoms with Crippen LogP contribution in [-0.2, 0) is 0 Å². The molecule has 9 heteroatoms. The third kappa shape index (κ3) is 3.07. The monoisotopic (exact) mass is 374 g/mol. The molecule has 28 heavy (non-hydrogen) atoms. The number of hydrogen-bond donors (Lipinski definition) is 2.